The first-order chi connectivity index (χ1) is 9.79. The van der Waals surface area contributed by atoms with Crippen LogP contribution in [0, 0.1) is 0 Å². The van der Waals surface area contributed by atoms with Gasteiger partial charge in [0.15, 0.2) is 0 Å². The molecule has 2 rings (SSSR count). The van der Waals surface area contributed by atoms with Crippen LogP contribution in [0.5, 0.6) is 0 Å². The van der Waals surface area contributed by atoms with Crippen LogP contribution in [0.3, 0.4) is 0 Å². The summed E-state index contributed by atoms with van der Waals surface area (Å²) in [5.41, 5.74) is 2.64. The number of hydrogen-bond acceptors (Lipinski definition) is 3. The highest BCUT2D eigenvalue weighted by molar-refractivity contribution is 5.76. The van der Waals surface area contributed by atoms with Gasteiger partial charge in [-0.3, -0.25) is 4.79 Å². The van der Waals surface area contributed by atoms with Crippen LogP contribution >= 0.6 is 0 Å². The number of amides is 1. The summed E-state index contributed by atoms with van der Waals surface area (Å²) < 4.78 is 0. The molecule has 0 aliphatic rings. The Kier molecular flexibility index (Phi) is 5.00. The van der Waals surface area contributed by atoms with Crippen LogP contribution < -0.4 is 5.32 Å². The van der Waals surface area contributed by atoms with Crippen LogP contribution in [0.4, 0.5) is 11.4 Å². The first-order valence-electron chi connectivity index (χ1n) is 6.55. The van der Waals surface area contributed by atoms with Crippen molar-refractivity contribution in [3.63, 3.8) is 0 Å². The van der Waals surface area contributed by atoms with Gasteiger partial charge in [0.2, 0.25) is 5.91 Å². The number of azo groups is 1. The molecule has 0 unspecified atom stereocenters. The van der Waals surface area contributed by atoms with E-state index in [0.717, 1.165) is 16.9 Å². The van der Waals surface area contributed by atoms with E-state index in [9.17, 15) is 4.79 Å². The van der Waals surface area contributed by atoms with Crippen molar-refractivity contribution in [2.45, 2.75) is 12.8 Å². The molecule has 20 heavy (non-hydrogen) atoms. The van der Waals surface area contributed by atoms with E-state index < -0.39 is 0 Å². The van der Waals surface area contributed by atoms with Crippen molar-refractivity contribution in [3.05, 3.63) is 60.2 Å². The molecule has 0 radical (unpaired) electrons. The first kappa shape index (κ1) is 13.9. The topological polar surface area (TPSA) is 53.8 Å². The molecule has 0 saturated heterocycles. The fourth-order valence-corrected chi connectivity index (χ4v) is 1.80. The predicted octanol–water partition coefficient (Wildman–Crippen LogP) is 3.78. The molecule has 0 aliphatic carbocycles. The van der Waals surface area contributed by atoms with Crippen molar-refractivity contribution in [2.24, 2.45) is 10.2 Å². The molecule has 0 atom stereocenters. The Morgan fingerprint density at radius 1 is 1.00 bits per heavy atom. The Labute approximate surface area is 118 Å². The van der Waals surface area contributed by atoms with E-state index in [0.29, 0.717) is 12.8 Å². The molecule has 1 amide bonds. The van der Waals surface area contributed by atoms with Crippen molar-refractivity contribution in [1.29, 1.82) is 0 Å². The van der Waals surface area contributed by atoms with Crippen molar-refractivity contribution in [2.75, 3.05) is 7.05 Å². The van der Waals surface area contributed by atoms with Gasteiger partial charge in [-0.25, -0.2) is 0 Å². The monoisotopic (exact) mass is 267 g/mol. The van der Waals surface area contributed by atoms with E-state index in [2.05, 4.69) is 15.5 Å². The van der Waals surface area contributed by atoms with Gasteiger partial charge >= 0.3 is 0 Å². The highest BCUT2D eigenvalue weighted by Crippen LogP contribution is 2.23. The second-order valence-electron chi connectivity index (χ2n) is 4.34. The van der Waals surface area contributed by atoms with Gasteiger partial charge in [-0.2, -0.15) is 10.2 Å². The molecule has 0 bridgehead atoms. The zero-order valence-electron chi connectivity index (χ0n) is 11.4. The molecule has 4 heteroatoms. The summed E-state index contributed by atoms with van der Waals surface area (Å²) in [6, 6.07) is 17.3. The Morgan fingerprint density at radius 3 is 2.45 bits per heavy atom. The highest BCUT2D eigenvalue weighted by Gasteiger charge is 2.04. The average Bonchev–Trinajstić information content (AvgIpc) is 2.52. The summed E-state index contributed by atoms with van der Waals surface area (Å²) in [6.45, 7) is 0. The van der Waals surface area contributed by atoms with Crippen molar-refractivity contribution < 1.29 is 4.79 Å². The van der Waals surface area contributed by atoms with Gasteiger partial charge in [-0.05, 0) is 30.2 Å². The normalized spacial score (nSPS) is 10.7. The van der Waals surface area contributed by atoms with Crippen LogP contribution in [-0.4, -0.2) is 13.0 Å². The lowest BCUT2D eigenvalue weighted by atomic mass is 10.1. The van der Waals surface area contributed by atoms with Crippen molar-refractivity contribution in [1.82, 2.24) is 5.32 Å². The SMILES string of the molecule is CNC(=O)CCc1ccccc1N=Nc1ccccc1. The maximum Gasteiger partial charge on any atom is 0.220 e. The lowest BCUT2D eigenvalue weighted by molar-refractivity contribution is -0.120. The Hall–Kier alpha value is -2.49. The molecule has 2 aromatic rings. The van der Waals surface area contributed by atoms with E-state index in [1.165, 1.54) is 0 Å². The van der Waals surface area contributed by atoms with E-state index in [1.807, 2.05) is 54.6 Å². The number of carbonyl (C=O) groups excluding carboxylic acids is 1. The quantitative estimate of drug-likeness (QED) is 0.823. The summed E-state index contributed by atoms with van der Waals surface area (Å²) in [6.07, 6.45) is 1.11. The summed E-state index contributed by atoms with van der Waals surface area (Å²) in [5.74, 6) is 0.0276. The number of carbonyl (C=O) groups is 1. The minimum absolute atomic E-state index is 0.0276. The largest absolute Gasteiger partial charge is 0.359 e. The summed E-state index contributed by atoms with van der Waals surface area (Å²) in [5, 5.41) is 11.1. The van der Waals surface area contributed by atoms with Gasteiger partial charge in [-0.1, -0.05) is 36.4 Å². The third kappa shape index (κ3) is 4.02. The lowest BCUT2D eigenvalue weighted by Gasteiger charge is -2.04. The highest BCUT2D eigenvalue weighted by atomic mass is 16.1. The molecule has 2 aromatic carbocycles. The second kappa shape index (κ2) is 7.19. The maximum absolute atomic E-state index is 11.3. The number of nitrogens with zero attached hydrogens (tertiary/aromatic N) is 2. The maximum atomic E-state index is 11.3. The Bertz CT molecular complexity index is 594. The van der Waals surface area contributed by atoms with Crippen LogP contribution in [0.25, 0.3) is 0 Å². The number of hydrogen-bond donors (Lipinski definition) is 1. The van der Waals surface area contributed by atoms with Gasteiger partial charge in [0.05, 0.1) is 11.4 Å². The summed E-state index contributed by atoms with van der Waals surface area (Å²) >= 11 is 0. The number of aryl methyl sites for hydroxylation is 1. The van der Waals surface area contributed by atoms with E-state index in [1.54, 1.807) is 7.05 Å². The first-order valence-corrected chi connectivity index (χ1v) is 6.55. The molecular formula is C16H17N3O. The zero-order chi connectivity index (χ0) is 14.2. The Morgan fingerprint density at radius 2 is 1.70 bits per heavy atom. The van der Waals surface area contributed by atoms with Gasteiger partial charge in [0.1, 0.15) is 0 Å². The van der Waals surface area contributed by atoms with Crippen LogP contribution in [0.1, 0.15) is 12.0 Å². The molecular weight excluding hydrogens is 250 g/mol. The fourth-order valence-electron chi connectivity index (χ4n) is 1.80. The number of benzene rings is 2. The smallest absolute Gasteiger partial charge is 0.220 e. The summed E-state index contributed by atoms with van der Waals surface area (Å²) in [7, 11) is 1.64. The van der Waals surface area contributed by atoms with Crippen LogP contribution in [-0.2, 0) is 11.2 Å². The molecule has 102 valence electrons. The molecule has 0 fully saturated rings. The lowest BCUT2D eigenvalue weighted by Crippen LogP contribution is -2.17. The third-order valence-corrected chi connectivity index (χ3v) is 2.92. The third-order valence-electron chi connectivity index (χ3n) is 2.92. The standard InChI is InChI=1S/C16H17N3O/c1-17-16(20)12-11-13-7-5-6-10-15(13)19-18-14-8-3-2-4-9-14/h2-10H,11-12H2,1H3,(H,17,20). The van der Waals surface area contributed by atoms with Gasteiger partial charge < -0.3 is 5.32 Å². The minimum atomic E-state index is 0.0276. The van der Waals surface area contributed by atoms with Gasteiger partial charge in [0.25, 0.3) is 0 Å². The molecule has 1 N–H and O–H groups in total. The van der Waals surface area contributed by atoms with Crippen LogP contribution in [0.2, 0.25) is 0 Å². The molecule has 4 nitrogen and oxygen atoms in total. The average molecular weight is 267 g/mol. The molecule has 0 aliphatic heterocycles. The van der Waals surface area contributed by atoms with Crippen molar-refractivity contribution in [3.8, 4) is 0 Å². The molecule has 0 aromatic heterocycles. The number of rotatable bonds is 5. The van der Waals surface area contributed by atoms with Gasteiger partial charge in [-0.15, -0.1) is 0 Å². The zero-order valence-corrected chi connectivity index (χ0v) is 11.4. The van der Waals surface area contributed by atoms with E-state index in [4.69, 9.17) is 0 Å². The van der Waals surface area contributed by atoms with Crippen molar-refractivity contribution >= 4 is 17.3 Å². The minimum Gasteiger partial charge on any atom is -0.359 e. The molecule has 0 spiro atoms. The van der Waals surface area contributed by atoms with Gasteiger partial charge in [0, 0.05) is 13.5 Å². The number of nitrogens with one attached hydrogen (secondary N) is 1. The van der Waals surface area contributed by atoms with Crippen LogP contribution in [0.15, 0.2) is 64.8 Å². The van der Waals surface area contributed by atoms with E-state index in [-0.39, 0.29) is 5.91 Å². The summed E-state index contributed by atoms with van der Waals surface area (Å²) in [4.78, 5) is 11.3. The van der Waals surface area contributed by atoms with E-state index >= 15 is 0 Å². The molecule has 0 saturated carbocycles. The fraction of sp³-hybridized carbons (Fsp3) is 0.188. The predicted molar refractivity (Wildman–Crippen MR) is 79.4 cm³/mol. The second-order valence-corrected chi connectivity index (χ2v) is 4.34. The molecule has 0 heterocycles. The Balaban J connectivity index is 2.11.